The first-order valence-electron chi connectivity index (χ1n) is 5.19. The summed E-state index contributed by atoms with van der Waals surface area (Å²) in [6.45, 7) is 1.93. The molecule has 0 saturated heterocycles. The summed E-state index contributed by atoms with van der Waals surface area (Å²) in [7, 11) is 0. The van der Waals surface area contributed by atoms with Crippen LogP contribution in [0, 0.1) is 6.92 Å². The third-order valence-corrected chi connectivity index (χ3v) is 2.81. The molecule has 5 heteroatoms. The number of benzene rings is 1. The Bertz CT molecular complexity index is 581. The maximum Gasteiger partial charge on any atom is 0.354 e. The van der Waals surface area contributed by atoms with Gasteiger partial charge in [0.25, 0.3) is 0 Å². The maximum absolute atomic E-state index is 10.7. The average molecular weight is 308 g/mol. The Morgan fingerprint density at radius 3 is 2.67 bits per heavy atom. The number of aromatic carboxylic acids is 1. The van der Waals surface area contributed by atoms with Gasteiger partial charge in [-0.3, -0.25) is 0 Å². The molecule has 92 valence electrons. The first kappa shape index (κ1) is 12.6. The molecule has 0 aliphatic heterocycles. The molecule has 4 nitrogen and oxygen atoms in total. The summed E-state index contributed by atoms with van der Waals surface area (Å²) in [5.41, 5.74) is 0.974. The highest BCUT2D eigenvalue weighted by Gasteiger charge is 2.06. The first-order valence-corrected chi connectivity index (χ1v) is 5.99. The molecule has 1 N–H and O–H groups in total. The lowest BCUT2D eigenvalue weighted by molar-refractivity contribution is 0.0690. The number of pyridine rings is 1. The second-order valence-corrected chi connectivity index (χ2v) is 4.61. The maximum atomic E-state index is 10.7. The summed E-state index contributed by atoms with van der Waals surface area (Å²) in [5.74, 6) is 0.162. The Morgan fingerprint density at radius 1 is 1.33 bits per heavy atom. The van der Waals surface area contributed by atoms with E-state index >= 15 is 0 Å². The van der Waals surface area contributed by atoms with Crippen molar-refractivity contribution in [1.29, 1.82) is 0 Å². The lowest BCUT2D eigenvalue weighted by atomic mass is 10.2. The fourth-order valence-electron chi connectivity index (χ4n) is 1.42. The smallest absolute Gasteiger partial charge is 0.354 e. The van der Waals surface area contributed by atoms with E-state index in [9.17, 15) is 4.79 Å². The summed E-state index contributed by atoms with van der Waals surface area (Å²) >= 11 is 3.37. The molecule has 1 aromatic heterocycles. The van der Waals surface area contributed by atoms with Gasteiger partial charge in [-0.15, -0.1) is 0 Å². The number of halogens is 1. The Morgan fingerprint density at radius 2 is 2.11 bits per heavy atom. The predicted octanol–water partition coefficient (Wildman–Crippen LogP) is 3.64. The van der Waals surface area contributed by atoms with E-state index in [2.05, 4.69) is 20.9 Å². The van der Waals surface area contributed by atoms with Gasteiger partial charge in [0, 0.05) is 4.47 Å². The second-order valence-electron chi connectivity index (χ2n) is 3.70. The molecule has 0 aliphatic carbocycles. The number of hydrogen-bond acceptors (Lipinski definition) is 3. The number of ether oxygens (including phenoxy) is 1. The molecule has 18 heavy (non-hydrogen) atoms. The van der Waals surface area contributed by atoms with Crippen LogP contribution in [0.3, 0.4) is 0 Å². The van der Waals surface area contributed by atoms with Crippen LogP contribution < -0.4 is 4.74 Å². The molecule has 0 aliphatic rings. The highest BCUT2D eigenvalue weighted by Crippen LogP contribution is 2.26. The number of nitrogens with zero attached hydrogens (tertiary/aromatic N) is 1. The molecule has 0 fully saturated rings. The molecule has 0 unspecified atom stereocenters. The molecule has 0 spiro atoms. The van der Waals surface area contributed by atoms with Crippen LogP contribution >= 0.6 is 15.9 Å². The van der Waals surface area contributed by atoms with E-state index in [1.807, 2.05) is 25.1 Å². The van der Waals surface area contributed by atoms with Crippen molar-refractivity contribution >= 4 is 21.9 Å². The molecule has 2 rings (SSSR count). The van der Waals surface area contributed by atoms with Gasteiger partial charge in [0.2, 0.25) is 0 Å². The minimum absolute atomic E-state index is 0.00474. The highest BCUT2D eigenvalue weighted by atomic mass is 79.9. The number of aryl methyl sites for hydroxylation is 1. The van der Waals surface area contributed by atoms with Gasteiger partial charge in [0.05, 0.1) is 6.20 Å². The van der Waals surface area contributed by atoms with Crippen LogP contribution in [-0.4, -0.2) is 16.1 Å². The van der Waals surface area contributed by atoms with E-state index < -0.39 is 5.97 Å². The Labute approximate surface area is 112 Å². The van der Waals surface area contributed by atoms with Crippen molar-refractivity contribution in [3.63, 3.8) is 0 Å². The number of rotatable bonds is 3. The van der Waals surface area contributed by atoms with Crippen LogP contribution in [0.2, 0.25) is 0 Å². The SMILES string of the molecule is Cc1cc(Br)ccc1Oc1ccc(C(=O)O)nc1. The van der Waals surface area contributed by atoms with Crippen LogP contribution in [0.5, 0.6) is 11.5 Å². The predicted molar refractivity (Wildman–Crippen MR) is 70.1 cm³/mol. The molecule has 1 heterocycles. The largest absolute Gasteiger partial charge is 0.477 e. The van der Waals surface area contributed by atoms with Crippen LogP contribution in [0.1, 0.15) is 16.1 Å². The second kappa shape index (κ2) is 5.18. The number of aromatic nitrogens is 1. The quantitative estimate of drug-likeness (QED) is 0.940. The molecule has 2 aromatic rings. The van der Waals surface area contributed by atoms with Crippen LogP contribution in [0.4, 0.5) is 0 Å². The monoisotopic (exact) mass is 307 g/mol. The average Bonchev–Trinajstić information content (AvgIpc) is 2.33. The molecule has 0 atom stereocenters. The van der Waals surface area contributed by atoms with Crippen molar-refractivity contribution in [3.05, 3.63) is 52.3 Å². The molecule has 0 radical (unpaired) electrons. The molecule has 1 aromatic carbocycles. The lowest BCUT2D eigenvalue weighted by Gasteiger charge is -2.08. The van der Waals surface area contributed by atoms with Crippen LogP contribution in [0.15, 0.2) is 41.0 Å². The summed E-state index contributed by atoms with van der Waals surface area (Å²) in [6, 6.07) is 8.64. The highest BCUT2D eigenvalue weighted by molar-refractivity contribution is 9.10. The number of carboxylic acid groups (broad SMARTS) is 1. The zero-order chi connectivity index (χ0) is 13.1. The first-order chi connectivity index (χ1) is 8.56. The van der Waals surface area contributed by atoms with Crippen LogP contribution in [0.25, 0.3) is 0 Å². The Balaban J connectivity index is 2.21. The van der Waals surface area contributed by atoms with Crippen molar-refractivity contribution in [3.8, 4) is 11.5 Å². The standard InChI is InChI=1S/C13H10BrNO3/c1-8-6-9(14)2-5-12(8)18-10-3-4-11(13(16)17)15-7-10/h2-7H,1H3,(H,16,17). The van der Waals surface area contributed by atoms with Gasteiger partial charge >= 0.3 is 5.97 Å². The van der Waals surface area contributed by atoms with E-state index in [-0.39, 0.29) is 5.69 Å². The van der Waals surface area contributed by atoms with E-state index in [1.54, 1.807) is 6.07 Å². The van der Waals surface area contributed by atoms with Gasteiger partial charge in [-0.1, -0.05) is 15.9 Å². The zero-order valence-electron chi connectivity index (χ0n) is 9.55. The molecule has 0 saturated carbocycles. The van der Waals surface area contributed by atoms with E-state index in [0.717, 1.165) is 10.0 Å². The van der Waals surface area contributed by atoms with E-state index in [1.165, 1.54) is 12.3 Å². The summed E-state index contributed by atoms with van der Waals surface area (Å²) in [5, 5.41) is 8.73. The molecular weight excluding hydrogens is 298 g/mol. The summed E-state index contributed by atoms with van der Waals surface area (Å²) in [4.78, 5) is 14.4. The van der Waals surface area contributed by atoms with E-state index in [0.29, 0.717) is 11.5 Å². The van der Waals surface area contributed by atoms with E-state index in [4.69, 9.17) is 9.84 Å². The van der Waals surface area contributed by atoms with Gasteiger partial charge in [-0.05, 0) is 42.8 Å². The minimum Gasteiger partial charge on any atom is -0.477 e. The Kier molecular flexibility index (Phi) is 3.62. The van der Waals surface area contributed by atoms with Crippen molar-refractivity contribution in [2.75, 3.05) is 0 Å². The molecule has 0 bridgehead atoms. The minimum atomic E-state index is -1.05. The van der Waals surface area contributed by atoms with Gasteiger partial charge in [0.15, 0.2) is 0 Å². The van der Waals surface area contributed by atoms with Crippen molar-refractivity contribution < 1.29 is 14.6 Å². The topological polar surface area (TPSA) is 59.4 Å². The van der Waals surface area contributed by atoms with Gasteiger partial charge in [-0.25, -0.2) is 9.78 Å². The molecular formula is C13H10BrNO3. The third kappa shape index (κ3) is 2.87. The normalized spacial score (nSPS) is 10.1. The fourth-order valence-corrected chi connectivity index (χ4v) is 1.90. The lowest BCUT2D eigenvalue weighted by Crippen LogP contribution is -1.99. The number of carbonyl (C=O) groups is 1. The third-order valence-electron chi connectivity index (χ3n) is 2.32. The van der Waals surface area contributed by atoms with Gasteiger partial charge < -0.3 is 9.84 Å². The van der Waals surface area contributed by atoms with Crippen molar-refractivity contribution in [2.24, 2.45) is 0 Å². The zero-order valence-corrected chi connectivity index (χ0v) is 11.1. The number of hydrogen-bond donors (Lipinski definition) is 1. The van der Waals surface area contributed by atoms with Gasteiger partial charge in [0.1, 0.15) is 17.2 Å². The van der Waals surface area contributed by atoms with Crippen LogP contribution in [-0.2, 0) is 0 Å². The van der Waals surface area contributed by atoms with Crippen molar-refractivity contribution in [1.82, 2.24) is 4.98 Å². The van der Waals surface area contributed by atoms with Gasteiger partial charge in [-0.2, -0.15) is 0 Å². The number of carboxylic acids is 1. The summed E-state index contributed by atoms with van der Waals surface area (Å²) in [6.07, 6.45) is 1.39. The molecule has 0 amide bonds. The van der Waals surface area contributed by atoms with Crippen molar-refractivity contribution in [2.45, 2.75) is 6.92 Å². The summed E-state index contributed by atoms with van der Waals surface area (Å²) < 4.78 is 6.60. The Hall–Kier alpha value is -1.88. The fraction of sp³-hybridized carbons (Fsp3) is 0.0769.